The number of likely N-dealkylation sites (N-methyl/N-ethyl adjacent to an activating group) is 1. The largest absolute Gasteiger partial charge is 0.349 e. The Morgan fingerprint density at radius 3 is 2.57 bits per heavy atom. The first-order chi connectivity index (χ1) is 9.85. The molecule has 116 valence electrons. The number of nitrogen functional groups attached to an aromatic ring is 1. The number of aromatic nitrogens is 2. The van der Waals surface area contributed by atoms with Gasteiger partial charge in [0.05, 0.1) is 4.92 Å². The molecule has 0 bridgehead atoms. The first kappa shape index (κ1) is 15.4. The molecule has 2 heterocycles. The van der Waals surface area contributed by atoms with Crippen LogP contribution in [-0.4, -0.2) is 53.0 Å². The number of aryl methyl sites for hydroxylation is 1. The van der Waals surface area contributed by atoms with Crippen LogP contribution in [0.2, 0.25) is 0 Å². The van der Waals surface area contributed by atoms with Crippen molar-refractivity contribution in [3.05, 3.63) is 15.8 Å². The molecule has 2 atom stereocenters. The van der Waals surface area contributed by atoms with Crippen molar-refractivity contribution in [2.45, 2.75) is 19.9 Å². The molecule has 0 spiro atoms. The van der Waals surface area contributed by atoms with Crippen LogP contribution in [0.15, 0.2) is 0 Å². The van der Waals surface area contributed by atoms with Crippen LogP contribution in [0.5, 0.6) is 0 Å². The molecule has 0 radical (unpaired) electrons. The highest BCUT2D eigenvalue weighted by Crippen LogP contribution is 2.33. The molecule has 0 saturated carbocycles. The van der Waals surface area contributed by atoms with Gasteiger partial charge in [-0.05, 0) is 26.9 Å². The van der Waals surface area contributed by atoms with Crippen LogP contribution in [0.1, 0.15) is 12.6 Å². The van der Waals surface area contributed by atoms with E-state index in [1.54, 1.807) is 6.92 Å². The molecule has 0 amide bonds. The molecule has 0 aliphatic carbocycles. The lowest BCUT2D eigenvalue weighted by Gasteiger charge is -2.22. The fraction of sp³-hybridized carbons (Fsp3) is 0.667. The average molecular weight is 295 g/mol. The SMILES string of the molecule is Cc1nc(NN)nc(N2CC(C)C(N(C)C)C2)c1[N+](=O)[O-]. The van der Waals surface area contributed by atoms with E-state index in [2.05, 4.69) is 27.2 Å². The predicted octanol–water partition coefficient (Wildman–Crippen LogP) is 0.365. The van der Waals surface area contributed by atoms with Gasteiger partial charge in [-0.15, -0.1) is 0 Å². The van der Waals surface area contributed by atoms with E-state index in [9.17, 15) is 10.1 Å². The molecular formula is C12H21N7O2. The first-order valence-corrected chi connectivity index (χ1v) is 6.76. The smallest absolute Gasteiger partial charge is 0.332 e. The number of hydrazine groups is 1. The number of nitrogens with two attached hydrogens (primary N) is 1. The van der Waals surface area contributed by atoms with Crippen LogP contribution in [0.3, 0.4) is 0 Å². The van der Waals surface area contributed by atoms with Crippen molar-refractivity contribution < 1.29 is 4.92 Å². The van der Waals surface area contributed by atoms with Gasteiger partial charge in [0.15, 0.2) is 0 Å². The van der Waals surface area contributed by atoms with E-state index in [-0.39, 0.29) is 11.6 Å². The number of rotatable bonds is 4. The first-order valence-electron chi connectivity index (χ1n) is 6.76. The van der Waals surface area contributed by atoms with Gasteiger partial charge in [-0.2, -0.15) is 4.98 Å². The van der Waals surface area contributed by atoms with Gasteiger partial charge in [0, 0.05) is 19.1 Å². The summed E-state index contributed by atoms with van der Waals surface area (Å²) in [4.78, 5) is 23.2. The van der Waals surface area contributed by atoms with Crippen LogP contribution < -0.4 is 16.2 Å². The zero-order chi connectivity index (χ0) is 15.7. The molecule has 9 heteroatoms. The minimum Gasteiger partial charge on any atom is -0.349 e. The van der Waals surface area contributed by atoms with Crippen LogP contribution in [-0.2, 0) is 0 Å². The third-order valence-corrected chi connectivity index (χ3v) is 3.89. The van der Waals surface area contributed by atoms with Crippen molar-refractivity contribution in [1.29, 1.82) is 0 Å². The zero-order valence-corrected chi connectivity index (χ0v) is 12.7. The maximum Gasteiger partial charge on any atom is 0.332 e. The number of anilines is 2. The van der Waals surface area contributed by atoms with Crippen molar-refractivity contribution in [2.75, 3.05) is 37.5 Å². The average Bonchev–Trinajstić information content (AvgIpc) is 2.79. The highest BCUT2D eigenvalue weighted by Gasteiger charge is 2.36. The summed E-state index contributed by atoms with van der Waals surface area (Å²) in [7, 11) is 4.02. The Morgan fingerprint density at radius 1 is 1.43 bits per heavy atom. The Labute approximate surface area is 123 Å². The number of nitrogens with zero attached hydrogens (tertiary/aromatic N) is 5. The van der Waals surface area contributed by atoms with Crippen LogP contribution in [0, 0.1) is 23.0 Å². The topological polar surface area (TPSA) is 113 Å². The van der Waals surface area contributed by atoms with E-state index >= 15 is 0 Å². The molecule has 1 aliphatic rings. The molecule has 2 unspecified atom stereocenters. The van der Waals surface area contributed by atoms with Crippen molar-refractivity contribution in [3.8, 4) is 0 Å². The Balaban J connectivity index is 2.43. The lowest BCUT2D eigenvalue weighted by molar-refractivity contribution is -0.385. The highest BCUT2D eigenvalue weighted by molar-refractivity contribution is 5.63. The summed E-state index contributed by atoms with van der Waals surface area (Å²) in [5, 5.41) is 11.3. The van der Waals surface area contributed by atoms with E-state index in [1.807, 2.05) is 19.0 Å². The molecule has 2 rings (SSSR count). The Hall–Kier alpha value is -2.00. The minimum atomic E-state index is -0.432. The van der Waals surface area contributed by atoms with Crippen molar-refractivity contribution >= 4 is 17.5 Å². The fourth-order valence-electron chi connectivity index (χ4n) is 2.85. The predicted molar refractivity (Wildman–Crippen MR) is 80.1 cm³/mol. The summed E-state index contributed by atoms with van der Waals surface area (Å²) in [6.07, 6.45) is 0. The number of nitro groups is 1. The third kappa shape index (κ3) is 2.88. The summed E-state index contributed by atoms with van der Waals surface area (Å²) in [5.41, 5.74) is 2.61. The van der Waals surface area contributed by atoms with Gasteiger partial charge < -0.3 is 9.80 Å². The summed E-state index contributed by atoms with van der Waals surface area (Å²) < 4.78 is 0. The molecule has 9 nitrogen and oxygen atoms in total. The summed E-state index contributed by atoms with van der Waals surface area (Å²) >= 11 is 0. The Kier molecular flexibility index (Phi) is 4.24. The lowest BCUT2D eigenvalue weighted by Crippen LogP contribution is -2.34. The lowest BCUT2D eigenvalue weighted by atomic mass is 10.1. The molecule has 1 aromatic heterocycles. The monoisotopic (exact) mass is 295 g/mol. The minimum absolute atomic E-state index is 0.0550. The van der Waals surface area contributed by atoms with Crippen molar-refractivity contribution in [3.63, 3.8) is 0 Å². The number of hydrogen-bond acceptors (Lipinski definition) is 8. The Bertz CT molecular complexity index is 549. The second kappa shape index (κ2) is 5.78. The normalized spacial score (nSPS) is 21.9. The summed E-state index contributed by atoms with van der Waals surface area (Å²) in [5.74, 6) is 6.26. The van der Waals surface area contributed by atoms with Gasteiger partial charge >= 0.3 is 5.69 Å². The van der Waals surface area contributed by atoms with Gasteiger partial charge in [0.1, 0.15) is 5.69 Å². The van der Waals surface area contributed by atoms with Crippen LogP contribution in [0.4, 0.5) is 17.5 Å². The second-order valence-corrected chi connectivity index (χ2v) is 5.62. The fourth-order valence-corrected chi connectivity index (χ4v) is 2.85. The van der Waals surface area contributed by atoms with Gasteiger partial charge in [-0.1, -0.05) is 6.92 Å². The number of nitrogens with one attached hydrogen (secondary N) is 1. The second-order valence-electron chi connectivity index (χ2n) is 5.62. The van der Waals surface area contributed by atoms with Crippen LogP contribution in [0.25, 0.3) is 0 Å². The van der Waals surface area contributed by atoms with E-state index in [1.165, 1.54) is 0 Å². The quantitative estimate of drug-likeness (QED) is 0.465. The third-order valence-electron chi connectivity index (χ3n) is 3.89. The van der Waals surface area contributed by atoms with Crippen molar-refractivity contribution in [1.82, 2.24) is 14.9 Å². The van der Waals surface area contributed by atoms with Gasteiger partial charge in [0.25, 0.3) is 0 Å². The molecule has 21 heavy (non-hydrogen) atoms. The van der Waals surface area contributed by atoms with E-state index in [0.29, 0.717) is 36.6 Å². The maximum absolute atomic E-state index is 11.3. The van der Waals surface area contributed by atoms with Gasteiger partial charge in [-0.25, -0.2) is 10.8 Å². The molecule has 3 N–H and O–H groups in total. The van der Waals surface area contributed by atoms with Gasteiger partial charge in [-0.3, -0.25) is 15.5 Å². The number of hydrogen-bond donors (Lipinski definition) is 2. The van der Waals surface area contributed by atoms with Gasteiger partial charge in [0.2, 0.25) is 11.8 Å². The van der Waals surface area contributed by atoms with Crippen LogP contribution >= 0.6 is 0 Å². The molecular weight excluding hydrogens is 274 g/mol. The highest BCUT2D eigenvalue weighted by atomic mass is 16.6. The summed E-state index contributed by atoms with van der Waals surface area (Å²) in [6, 6.07) is 0.328. The molecule has 1 aromatic rings. The molecule has 1 fully saturated rings. The standard InChI is InChI=1S/C12H21N7O2/c1-7-5-18(6-9(7)17(3)4)11-10(19(20)21)8(2)14-12(15-11)16-13/h7,9H,5-6,13H2,1-4H3,(H,14,15,16). The molecule has 1 saturated heterocycles. The summed E-state index contributed by atoms with van der Waals surface area (Å²) in [6.45, 7) is 5.12. The van der Waals surface area contributed by atoms with E-state index in [4.69, 9.17) is 5.84 Å². The maximum atomic E-state index is 11.3. The molecule has 1 aliphatic heterocycles. The van der Waals surface area contributed by atoms with E-state index < -0.39 is 4.92 Å². The molecule has 0 aromatic carbocycles. The Morgan fingerprint density at radius 2 is 2.10 bits per heavy atom. The van der Waals surface area contributed by atoms with Crippen molar-refractivity contribution in [2.24, 2.45) is 11.8 Å². The van der Waals surface area contributed by atoms with E-state index in [0.717, 1.165) is 0 Å². The zero-order valence-electron chi connectivity index (χ0n) is 12.7.